The Bertz CT molecular complexity index is 2670. The average Bonchev–Trinajstić information content (AvgIpc) is 3.80. The summed E-state index contributed by atoms with van der Waals surface area (Å²) < 4.78 is 6.35. The summed E-state index contributed by atoms with van der Waals surface area (Å²) in [6.45, 7) is 0. The van der Waals surface area contributed by atoms with Crippen molar-refractivity contribution in [1.29, 1.82) is 5.26 Å². The maximum absolute atomic E-state index is 10.5. The lowest BCUT2D eigenvalue weighted by molar-refractivity contribution is 0.837. The average molecular weight is 637 g/mol. The smallest absolute Gasteiger partial charge is 0.0998 e. The normalized spacial score (nSPS) is 15.4. The molecule has 222 valence electrons. The van der Waals surface area contributed by atoms with Crippen molar-refractivity contribution >= 4 is 76.0 Å². The van der Waals surface area contributed by atoms with Crippen molar-refractivity contribution in [2.45, 2.75) is 25.2 Å². The van der Waals surface area contributed by atoms with Crippen LogP contribution in [-0.4, -0.2) is 4.57 Å². The van der Waals surface area contributed by atoms with Gasteiger partial charge in [-0.2, -0.15) is 5.26 Å². The Hall–Kier alpha value is -5.21. The number of aryl methyl sites for hydroxylation is 1. The first kappa shape index (κ1) is 27.0. The number of thiophene rings is 2. The van der Waals surface area contributed by atoms with E-state index in [9.17, 15) is 5.26 Å². The van der Waals surface area contributed by atoms with Gasteiger partial charge >= 0.3 is 0 Å². The number of nitriles is 1. The van der Waals surface area contributed by atoms with E-state index in [1.165, 1.54) is 68.4 Å². The highest BCUT2D eigenvalue weighted by molar-refractivity contribution is 7.27. The van der Waals surface area contributed by atoms with E-state index in [-0.39, 0.29) is 0 Å². The molecule has 1 unspecified atom stereocenters. The quantitative estimate of drug-likeness (QED) is 0.190. The molecule has 0 radical (unpaired) electrons. The molecule has 4 heteroatoms. The number of rotatable bonds is 3. The Labute approximate surface area is 280 Å². The molecule has 3 aromatic heterocycles. The summed E-state index contributed by atoms with van der Waals surface area (Å²) in [5.74, 6) is 0.397. The predicted molar refractivity (Wildman–Crippen MR) is 201 cm³/mol. The standard InChI is InChI=1S/C43H28N2S2/c44-25-29-11-8-16-37(45-35-14-6-4-12-30(35)31-13-5-7-15-36(31)45)41(29)28-18-21-39-34(24-28)42-40(46-39)22-19-32-33-23-27(26-9-2-1-3-10-26)17-20-38(33)47-43(32)42/h1-4,6-12,14-22,24,27H,5,13,23H2. The van der Waals surface area contributed by atoms with E-state index in [1.807, 2.05) is 34.8 Å². The maximum atomic E-state index is 10.5. The molecule has 0 amide bonds. The number of fused-ring (bicyclic) bond motifs is 10. The Morgan fingerprint density at radius 3 is 2.53 bits per heavy atom. The number of hydrogen-bond acceptors (Lipinski definition) is 3. The highest BCUT2D eigenvalue weighted by Crippen LogP contribution is 2.48. The molecule has 2 aliphatic carbocycles. The van der Waals surface area contributed by atoms with Crippen LogP contribution in [0.3, 0.4) is 0 Å². The van der Waals surface area contributed by atoms with Crippen LogP contribution in [0.1, 0.15) is 45.2 Å². The molecule has 47 heavy (non-hydrogen) atoms. The molecule has 5 aromatic carbocycles. The van der Waals surface area contributed by atoms with Gasteiger partial charge < -0.3 is 4.57 Å². The van der Waals surface area contributed by atoms with E-state index in [0.717, 1.165) is 36.1 Å². The fourth-order valence-electron chi connectivity index (χ4n) is 7.98. The van der Waals surface area contributed by atoms with Crippen LogP contribution in [0.25, 0.3) is 70.1 Å². The first-order valence-corrected chi connectivity index (χ1v) is 17.9. The number of allylic oxidation sites excluding steroid dienone is 2. The first-order valence-electron chi connectivity index (χ1n) is 16.2. The summed E-state index contributed by atoms with van der Waals surface area (Å²) in [7, 11) is 0. The summed E-state index contributed by atoms with van der Waals surface area (Å²) in [5, 5.41) is 15.8. The number of nitrogens with zero attached hydrogens (tertiary/aromatic N) is 2. The number of benzene rings is 5. The second kappa shape index (κ2) is 10.4. The molecule has 0 N–H and O–H groups in total. The first-order chi connectivity index (χ1) is 23.3. The SMILES string of the molecule is N#Cc1cccc(-n2c3c(c4ccccc42)CCC=C3)c1-c1ccc2sc3ccc4c5c(sc4c3c2c1)C=CC(c1ccccc1)C5. The molecule has 1 atom stereocenters. The van der Waals surface area contributed by atoms with Crippen LogP contribution in [0.2, 0.25) is 0 Å². The van der Waals surface area contributed by atoms with E-state index in [0.29, 0.717) is 11.5 Å². The second-order valence-electron chi connectivity index (χ2n) is 12.6. The van der Waals surface area contributed by atoms with E-state index in [1.54, 1.807) is 0 Å². The third-order valence-electron chi connectivity index (χ3n) is 10.1. The molecule has 0 fully saturated rings. The minimum atomic E-state index is 0.397. The minimum absolute atomic E-state index is 0.397. The third kappa shape index (κ3) is 4.01. The van der Waals surface area contributed by atoms with E-state index >= 15 is 0 Å². The van der Waals surface area contributed by atoms with E-state index < -0.39 is 0 Å². The van der Waals surface area contributed by atoms with Crippen LogP contribution in [0.15, 0.2) is 115 Å². The van der Waals surface area contributed by atoms with Crippen LogP contribution < -0.4 is 0 Å². The van der Waals surface area contributed by atoms with Gasteiger partial charge in [0.05, 0.1) is 22.8 Å². The summed E-state index contributed by atoms with van der Waals surface area (Å²) >= 11 is 3.79. The van der Waals surface area contributed by atoms with Gasteiger partial charge in [0.2, 0.25) is 0 Å². The molecule has 2 aliphatic rings. The third-order valence-corrected chi connectivity index (χ3v) is 12.5. The predicted octanol–water partition coefficient (Wildman–Crippen LogP) is 12.1. The van der Waals surface area contributed by atoms with Crippen molar-refractivity contribution in [1.82, 2.24) is 4.57 Å². The summed E-state index contributed by atoms with van der Waals surface area (Å²) in [6, 6.07) is 39.8. The largest absolute Gasteiger partial charge is 0.309 e. The van der Waals surface area contributed by atoms with Crippen LogP contribution in [0.4, 0.5) is 0 Å². The van der Waals surface area contributed by atoms with Gasteiger partial charge in [-0.3, -0.25) is 0 Å². The van der Waals surface area contributed by atoms with Crippen LogP contribution in [-0.2, 0) is 12.8 Å². The van der Waals surface area contributed by atoms with Crippen molar-refractivity contribution in [3.8, 4) is 22.9 Å². The molecule has 2 nitrogen and oxygen atoms in total. The topological polar surface area (TPSA) is 28.7 Å². The Morgan fingerprint density at radius 2 is 1.62 bits per heavy atom. The van der Waals surface area contributed by atoms with Gasteiger partial charge in [0.15, 0.2) is 0 Å². The van der Waals surface area contributed by atoms with Gasteiger partial charge in [0.1, 0.15) is 0 Å². The molecule has 10 rings (SSSR count). The van der Waals surface area contributed by atoms with Gasteiger partial charge in [-0.15, -0.1) is 22.7 Å². The number of hydrogen-bond donors (Lipinski definition) is 0. The molecule has 3 heterocycles. The molecule has 0 saturated carbocycles. The second-order valence-corrected chi connectivity index (χ2v) is 14.8. The van der Waals surface area contributed by atoms with Gasteiger partial charge in [-0.05, 0) is 95.5 Å². The maximum Gasteiger partial charge on any atom is 0.0998 e. The van der Waals surface area contributed by atoms with Crippen molar-refractivity contribution in [2.75, 3.05) is 0 Å². The lowest BCUT2D eigenvalue weighted by Crippen LogP contribution is -2.03. The number of para-hydroxylation sites is 1. The summed E-state index contributed by atoms with van der Waals surface area (Å²) in [5.41, 5.74) is 10.5. The molecule has 8 aromatic rings. The van der Waals surface area contributed by atoms with Crippen molar-refractivity contribution in [3.63, 3.8) is 0 Å². The zero-order valence-electron chi connectivity index (χ0n) is 25.5. The van der Waals surface area contributed by atoms with Crippen molar-refractivity contribution in [3.05, 3.63) is 148 Å². The Morgan fingerprint density at radius 1 is 0.745 bits per heavy atom. The van der Waals surface area contributed by atoms with Crippen molar-refractivity contribution in [2.24, 2.45) is 0 Å². The van der Waals surface area contributed by atoms with Gasteiger partial charge in [-0.1, -0.05) is 78.9 Å². The zero-order valence-corrected chi connectivity index (χ0v) is 27.2. The lowest BCUT2D eigenvalue weighted by Gasteiger charge is -2.17. The van der Waals surface area contributed by atoms with Crippen LogP contribution in [0.5, 0.6) is 0 Å². The lowest BCUT2D eigenvalue weighted by atomic mass is 9.87. The monoisotopic (exact) mass is 636 g/mol. The fourth-order valence-corrected chi connectivity index (χ4v) is 10.4. The number of aromatic nitrogens is 1. The van der Waals surface area contributed by atoms with E-state index in [4.69, 9.17) is 0 Å². The molecule has 0 saturated heterocycles. The molecular weight excluding hydrogens is 609 g/mol. The molecule has 0 spiro atoms. The molecule has 0 bridgehead atoms. The van der Waals surface area contributed by atoms with Crippen molar-refractivity contribution < 1.29 is 0 Å². The highest BCUT2D eigenvalue weighted by atomic mass is 32.1. The molecule has 0 aliphatic heterocycles. The van der Waals surface area contributed by atoms with Gasteiger partial charge in [0, 0.05) is 52.3 Å². The zero-order chi connectivity index (χ0) is 31.1. The minimum Gasteiger partial charge on any atom is -0.309 e. The van der Waals surface area contributed by atoms with Crippen LogP contribution in [0, 0.1) is 11.3 Å². The Kier molecular flexibility index (Phi) is 5.97. The fraction of sp³-hybridized carbons (Fsp3) is 0.0930. The summed E-state index contributed by atoms with van der Waals surface area (Å²) in [4.78, 5) is 1.38. The van der Waals surface area contributed by atoms with Gasteiger partial charge in [-0.25, -0.2) is 0 Å². The molecular formula is C43H28N2S2. The van der Waals surface area contributed by atoms with E-state index in [2.05, 4.69) is 126 Å². The summed E-state index contributed by atoms with van der Waals surface area (Å²) in [6.07, 6.45) is 12.4. The Balaban J connectivity index is 1.19. The van der Waals surface area contributed by atoms with Gasteiger partial charge in [0.25, 0.3) is 0 Å². The highest BCUT2D eigenvalue weighted by Gasteiger charge is 2.24. The van der Waals surface area contributed by atoms with Crippen LogP contribution >= 0.6 is 22.7 Å².